The van der Waals surface area contributed by atoms with E-state index in [1.54, 1.807) is 0 Å². The maximum absolute atomic E-state index is 2.47. The van der Waals surface area contributed by atoms with Gasteiger partial charge >= 0.3 is 0 Å². The molecule has 0 bridgehead atoms. The van der Waals surface area contributed by atoms with Crippen molar-refractivity contribution in [3.05, 3.63) is 206 Å². The van der Waals surface area contributed by atoms with Crippen LogP contribution in [0, 0.1) is 0 Å². The number of hydrogen-bond donors (Lipinski definition) is 0. The van der Waals surface area contributed by atoms with Crippen LogP contribution in [0.1, 0.15) is 0 Å². The Morgan fingerprint density at radius 2 is 0.772 bits per heavy atom. The molecule has 0 aliphatic rings. The second-order valence-corrected chi connectivity index (χ2v) is 16.0. The fraction of sp³-hybridized carbons (Fsp3) is 0. The molecule has 12 rings (SSSR count). The Morgan fingerprint density at radius 1 is 0.281 bits per heavy atom. The highest BCUT2D eigenvalue weighted by Gasteiger charge is 2.19. The van der Waals surface area contributed by atoms with E-state index < -0.39 is 0 Å². The van der Waals surface area contributed by atoms with Gasteiger partial charge in [-0.2, -0.15) is 0 Å². The van der Waals surface area contributed by atoms with Crippen molar-refractivity contribution in [1.29, 1.82) is 0 Å². The van der Waals surface area contributed by atoms with E-state index in [4.69, 9.17) is 0 Å². The summed E-state index contributed by atoms with van der Waals surface area (Å²) >= 11 is 1.88. The molecule has 3 heteroatoms. The van der Waals surface area contributed by atoms with Crippen LogP contribution in [-0.2, 0) is 0 Å². The number of fused-ring (bicyclic) bond motifs is 9. The molecule has 0 unspecified atom stereocenters. The highest BCUT2D eigenvalue weighted by Crippen LogP contribution is 2.43. The van der Waals surface area contributed by atoms with Crippen molar-refractivity contribution in [2.24, 2.45) is 0 Å². The van der Waals surface area contributed by atoms with Crippen molar-refractivity contribution in [1.82, 2.24) is 9.13 Å². The first-order valence-corrected chi connectivity index (χ1v) is 20.3. The lowest BCUT2D eigenvalue weighted by Crippen LogP contribution is -1.96. The van der Waals surface area contributed by atoms with Crippen LogP contribution < -0.4 is 0 Å². The van der Waals surface area contributed by atoms with Gasteiger partial charge in [-0.05, 0) is 100 Å². The van der Waals surface area contributed by atoms with Crippen LogP contribution in [0.2, 0.25) is 0 Å². The van der Waals surface area contributed by atoms with Crippen molar-refractivity contribution in [2.75, 3.05) is 0 Å². The standard InChI is InChI=1S/C54H34N2S/c1-3-14-35(15-4-1)39-30-40(36-16-5-2-6-17-36)32-41(31-39)55-48-22-10-7-18-42(48)46-33-37(26-28-50(46)55)38-27-29-51-47(34-38)43-19-8-11-23-49(43)56(51)52-24-13-21-45-44-20-9-12-25-53(44)57-54(45)52/h1-34H. The first-order valence-electron chi connectivity index (χ1n) is 19.5. The predicted molar refractivity (Wildman–Crippen MR) is 244 cm³/mol. The molecule has 9 aromatic carbocycles. The quantitative estimate of drug-likeness (QED) is 0.166. The highest BCUT2D eigenvalue weighted by atomic mass is 32.1. The van der Waals surface area contributed by atoms with E-state index in [2.05, 4.69) is 215 Å². The topological polar surface area (TPSA) is 9.86 Å². The van der Waals surface area contributed by atoms with Crippen LogP contribution in [0.25, 0.3) is 109 Å². The van der Waals surface area contributed by atoms with E-state index in [1.807, 2.05) is 11.3 Å². The van der Waals surface area contributed by atoms with E-state index in [9.17, 15) is 0 Å². The maximum Gasteiger partial charge on any atom is 0.0640 e. The number of aromatic nitrogens is 2. The lowest BCUT2D eigenvalue weighted by Gasteiger charge is -2.14. The molecule has 3 aromatic heterocycles. The third kappa shape index (κ3) is 5.03. The lowest BCUT2D eigenvalue weighted by atomic mass is 9.98. The Kier molecular flexibility index (Phi) is 7.13. The van der Waals surface area contributed by atoms with Gasteiger partial charge in [0.1, 0.15) is 0 Å². The van der Waals surface area contributed by atoms with Crippen molar-refractivity contribution < 1.29 is 0 Å². The van der Waals surface area contributed by atoms with E-state index in [0.29, 0.717) is 0 Å². The number of para-hydroxylation sites is 2. The number of rotatable bonds is 5. The van der Waals surface area contributed by atoms with Gasteiger partial charge in [-0.25, -0.2) is 0 Å². The number of hydrogen-bond acceptors (Lipinski definition) is 1. The first kappa shape index (κ1) is 32.1. The zero-order valence-electron chi connectivity index (χ0n) is 30.9. The van der Waals surface area contributed by atoms with Gasteiger partial charge < -0.3 is 9.13 Å². The number of benzene rings is 9. The van der Waals surface area contributed by atoms with Crippen LogP contribution in [0.15, 0.2) is 206 Å². The monoisotopic (exact) mass is 742 g/mol. The molecule has 0 atom stereocenters. The summed E-state index contributed by atoms with van der Waals surface area (Å²) < 4.78 is 7.55. The Balaban J connectivity index is 1.04. The van der Waals surface area contributed by atoms with Gasteiger partial charge in [0, 0.05) is 42.7 Å². The summed E-state index contributed by atoms with van der Waals surface area (Å²) in [5.74, 6) is 0. The first-order chi connectivity index (χ1) is 28.3. The van der Waals surface area contributed by atoms with Crippen molar-refractivity contribution in [2.45, 2.75) is 0 Å². The molecule has 0 aliphatic heterocycles. The molecule has 0 amide bonds. The third-order valence-corrected chi connectivity index (χ3v) is 12.9. The molecule has 3 heterocycles. The molecule has 266 valence electrons. The summed E-state index contributed by atoms with van der Waals surface area (Å²) in [7, 11) is 0. The van der Waals surface area contributed by atoms with E-state index >= 15 is 0 Å². The molecule has 0 spiro atoms. The molecular formula is C54H34N2S. The molecule has 0 fully saturated rings. The van der Waals surface area contributed by atoms with E-state index in [1.165, 1.54) is 103 Å². The smallest absolute Gasteiger partial charge is 0.0640 e. The molecule has 0 aliphatic carbocycles. The summed E-state index contributed by atoms with van der Waals surface area (Å²) in [5.41, 5.74) is 14.4. The Morgan fingerprint density at radius 3 is 1.40 bits per heavy atom. The van der Waals surface area contributed by atoms with Gasteiger partial charge in [0.15, 0.2) is 0 Å². The summed E-state index contributed by atoms with van der Waals surface area (Å²) in [6.45, 7) is 0. The lowest BCUT2D eigenvalue weighted by molar-refractivity contribution is 1.18. The maximum atomic E-state index is 2.47. The van der Waals surface area contributed by atoms with Crippen LogP contribution in [0.5, 0.6) is 0 Å². The zero-order valence-corrected chi connectivity index (χ0v) is 31.7. The normalized spacial score (nSPS) is 11.9. The molecule has 0 saturated heterocycles. The van der Waals surface area contributed by atoms with Crippen molar-refractivity contribution in [3.63, 3.8) is 0 Å². The molecular weight excluding hydrogens is 709 g/mol. The Hall–Kier alpha value is -7.20. The largest absolute Gasteiger partial charge is 0.309 e. The summed E-state index contributed by atoms with van der Waals surface area (Å²) in [6.07, 6.45) is 0. The number of nitrogens with zero attached hydrogens (tertiary/aromatic N) is 2. The second-order valence-electron chi connectivity index (χ2n) is 14.9. The molecule has 0 saturated carbocycles. The second kappa shape index (κ2) is 12.7. The summed E-state index contributed by atoms with van der Waals surface area (Å²) in [5, 5.41) is 7.64. The Bertz CT molecular complexity index is 3450. The van der Waals surface area contributed by atoms with E-state index in [0.717, 1.165) is 5.69 Å². The van der Waals surface area contributed by atoms with Gasteiger partial charge in [-0.15, -0.1) is 11.3 Å². The van der Waals surface area contributed by atoms with Gasteiger partial charge in [0.25, 0.3) is 0 Å². The minimum Gasteiger partial charge on any atom is -0.309 e. The highest BCUT2D eigenvalue weighted by molar-refractivity contribution is 7.26. The molecule has 12 aromatic rings. The van der Waals surface area contributed by atoms with Crippen LogP contribution in [-0.4, -0.2) is 9.13 Å². The van der Waals surface area contributed by atoms with Gasteiger partial charge in [-0.1, -0.05) is 140 Å². The molecule has 0 radical (unpaired) electrons. The minimum absolute atomic E-state index is 1.15. The van der Waals surface area contributed by atoms with Gasteiger partial charge in [0.2, 0.25) is 0 Å². The number of thiophene rings is 1. The predicted octanol–water partition coefficient (Wildman–Crippen LogP) is 15.2. The molecule has 2 nitrogen and oxygen atoms in total. The average Bonchev–Trinajstić information content (AvgIpc) is 3.94. The third-order valence-electron chi connectivity index (χ3n) is 11.7. The SMILES string of the molecule is c1ccc(-c2cc(-c3ccccc3)cc(-n3c4ccccc4c4cc(-c5ccc6c(c5)c5ccccc5n6-c5cccc6c5sc5ccccc56)ccc43)c2)cc1. The van der Waals surface area contributed by atoms with Crippen molar-refractivity contribution >= 4 is 75.1 Å². The Labute approximate surface area is 333 Å². The van der Waals surface area contributed by atoms with Crippen molar-refractivity contribution in [3.8, 4) is 44.8 Å². The fourth-order valence-corrected chi connectivity index (χ4v) is 10.3. The fourth-order valence-electron chi connectivity index (χ4n) is 9.09. The summed E-state index contributed by atoms with van der Waals surface area (Å²) in [4.78, 5) is 0. The van der Waals surface area contributed by atoms with E-state index in [-0.39, 0.29) is 0 Å². The van der Waals surface area contributed by atoms with Gasteiger partial charge in [0.05, 0.1) is 32.5 Å². The van der Waals surface area contributed by atoms with Gasteiger partial charge in [-0.3, -0.25) is 0 Å². The molecule has 0 N–H and O–H groups in total. The average molecular weight is 743 g/mol. The zero-order chi connectivity index (χ0) is 37.5. The summed E-state index contributed by atoms with van der Waals surface area (Å²) in [6, 6.07) is 75.7. The van der Waals surface area contributed by atoms with Crippen LogP contribution >= 0.6 is 11.3 Å². The minimum atomic E-state index is 1.15. The van der Waals surface area contributed by atoms with Crippen LogP contribution in [0.3, 0.4) is 0 Å². The van der Waals surface area contributed by atoms with Crippen LogP contribution in [0.4, 0.5) is 0 Å². The molecule has 57 heavy (non-hydrogen) atoms.